The van der Waals surface area contributed by atoms with Gasteiger partial charge in [-0.2, -0.15) is 15.4 Å². The number of hydrogen-bond acceptors (Lipinski definition) is 4. The standard InChI is InChI=1S/C21H18ClFN6O2/c1-12(17-10-24-20(30)16-5-3-2-4-15(16)17)29(11-14-9-25-28-27-14)21(31)26-13-6-7-19(23)18(22)8-13/h2-10,12H,11H2,1H3,(H,24,30)(H,26,31)(H,25,27,28)/t12-/m1/s1. The van der Waals surface area contributed by atoms with Crippen molar-refractivity contribution in [2.45, 2.75) is 19.5 Å². The van der Waals surface area contributed by atoms with Crippen molar-refractivity contribution >= 4 is 34.1 Å². The fourth-order valence-corrected chi connectivity index (χ4v) is 3.56. The highest BCUT2D eigenvalue weighted by Gasteiger charge is 2.25. The second-order valence-corrected chi connectivity index (χ2v) is 7.35. The molecule has 2 heterocycles. The molecule has 0 spiro atoms. The minimum atomic E-state index is -0.577. The van der Waals surface area contributed by atoms with Gasteiger partial charge in [-0.15, -0.1) is 0 Å². The van der Waals surface area contributed by atoms with Crippen molar-refractivity contribution in [3.63, 3.8) is 0 Å². The maximum absolute atomic E-state index is 13.5. The maximum atomic E-state index is 13.5. The number of nitrogens with one attached hydrogen (secondary N) is 3. The van der Waals surface area contributed by atoms with Crippen LogP contribution in [0.15, 0.2) is 59.7 Å². The molecule has 0 saturated carbocycles. The number of hydrogen-bond donors (Lipinski definition) is 3. The summed E-state index contributed by atoms with van der Waals surface area (Å²) in [4.78, 5) is 29.7. The minimum Gasteiger partial charge on any atom is -0.328 e. The largest absolute Gasteiger partial charge is 0.328 e. The summed E-state index contributed by atoms with van der Waals surface area (Å²) >= 11 is 5.83. The summed E-state index contributed by atoms with van der Waals surface area (Å²) in [5.74, 6) is -0.577. The van der Waals surface area contributed by atoms with Gasteiger partial charge in [-0.25, -0.2) is 9.18 Å². The highest BCUT2D eigenvalue weighted by atomic mass is 35.5. The molecule has 0 unspecified atom stereocenters. The summed E-state index contributed by atoms with van der Waals surface area (Å²) in [5, 5.41) is 14.3. The van der Waals surface area contributed by atoms with Crippen LogP contribution in [0.2, 0.25) is 5.02 Å². The Balaban J connectivity index is 1.71. The van der Waals surface area contributed by atoms with E-state index in [1.165, 1.54) is 29.3 Å². The van der Waals surface area contributed by atoms with E-state index in [1.54, 1.807) is 18.3 Å². The molecule has 0 saturated heterocycles. The Morgan fingerprint density at radius 1 is 1.26 bits per heavy atom. The van der Waals surface area contributed by atoms with Crippen LogP contribution in [0.4, 0.5) is 14.9 Å². The SMILES string of the molecule is C[C@H](c1c[nH]c(=O)c2ccccc12)N(Cc1cn[nH]n1)C(=O)Nc1ccc(F)c(Cl)c1. The molecular weight excluding hydrogens is 423 g/mol. The number of nitrogens with zero attached hydrogens (tertiary/aromatic N) is 3. The van der Waals surface area contributed by atoms with Gasteiger partial charge in [-0.3, -0.25) is 4.79 Å². The van der Waals surface area contributed by atoms with Crippen molar-refractivity contribution in [3.8, 4) is 0 Å². The summed E-state index contributed by atoms with van der Waals surface area (Å²) in [6.45, 7) is 1.99. The van der Waals surface area contributed by atoms with E-state index in [0.29, 0.717) is 16.8 Å². The predicted octanol–water partition coefficient (Wildman–Crippen LogP) is 4.23. The number of urea groups is 1. The zero-order valence-electron chi connectivity index (χ0n) is 16.4. The van der Waals surface area contributed by atoms with Gasteiger partial charge in [0.15, 0.2) is 0 Å². The van der Waals surface area contributed by atoms with Crippen molar-refractivity contribution in [2.24, 2.45) is 0 Å². The minimum absolute atomic E-state index is 0.0967. The van der Waals surface area contributed by atoms with E-state index in [9.17, 15) is 14.0 Å². The maximum Gasteiger partial charge on any atom is 0.322 e. The van der Waals surface area contributed by atoms with Crippen LogP contribution in [0.25, 0.3) is 10.8 Å². The lowest BCUT2D eigenvalue weighted by atomic mass is 10.0. The van der Waals surface area contributed by atoms with Gasteiger partial charge < -0.3 is 15.2 Å². The molecule has 8 nitrogen and oxygen atoms in total. The lowest BCUT2D eigenvalue weighted by molar-refractivity contribution is 0.188. The molecule has 0 radical (unpaired) electrons. The first-order chi connectivity index (χ1) is 14.9. The van der Waals surface area contributed by atoms with Crippen molar-refractivity contribution in [1.29, 1.82) is 0 Å². The van der Waals surface area contributed by atoms with E-state index in [1.807, 2.05) is 19.1 Å². The van der Waals surface area contributed by atoms with Crippen LogP contribution in [-0.2, 0) is 6.54 Å². The number of fused-ring (bicyclic) bond motifs is 1. The molecule has 4 rings (SSSR count). The van der Waals surface area contributed by atoms with Gasteiger partial charge in [0.25, 0.3) is 5.56 Å². The third kappa shape index (κ3) is 4.26. The molecule has 10 heteroatoms. The number of benzene rings is 2. The molecule has 2 amide bonds. The number of H-pyrrole nitrogens is 2. The van der Waals surface area contributed by atoms with Crippen LogP contribution in [0.3, 0.4) is 0 Å². The van der Waals surface area contributed by atoms with Crippen molar-refractivity contribution < 1.29 is 9.18 Å². The number of aromatic amines is 2. The van der Waals surface area contributed by atoms with Crippen LogP contribution in [0.5, 0.6) is 0 Å². The normalized spacial score (nSPS) is 12.0. The Bertz CT molecular complexity index is 1290. The van der Waals surface area contributed by atoms with E-state index >= 15 is 0 Å². The fourth-order valence-electron chi connectivity index (χ4n) is 3.38. The average molecular weight is 441 g/mol. The first-order valence-electron chi connectivity index (χ1n) is 9.41. The monoisotopic (exact) mass is 440 g/mol. The first-order valence-corrected chi connectivity index (χ1v) is 9.79. The van der Waals surface area contributed by atoms with E-state index in [2.05, 4.69) is 25.7 Å². The number of rotatable bonds is 5. The van der Waals surface area contributed by atoms with E-state index in [0.717, 1.165) is 10.9 Å². The van der Waals surface area contributed by atoms with E-state index in [4.69, 9.17) is 11.6 Å². The van der Waals surface area contributed by atoms with Gasteiger partial charge in [0.05, 0.1) is 23.8 Å². The molecule has 2 aromatic carbocycles. The molecule has 0 fully saturated rings. The van der Waals surface area contributed by atoms with Crippen LogP contribution in [-0.4, -0.2) is 31.3 Å². The molecular formula is C21H18ClFN6O2. The van der Waals surface area contributed by atoms with Crippen LogP contribution in [0.1, 0.15) is 24.2 Å². The smallest absolute Gasteiger partial charge is 0.322 e. The van der Waals surface area contributed by atoms with Gasteiger partial charge in [-0.05, 0) is 42.1 Å². The van der Waals surface area contributed by atoms with Gasteiger partial charge in [0.1, 0.15) is 11.5 Å². The fraction of sp³-hybridized carbons (Fsp3) is 0.143. The number of pyridine rings is 1. The molecule has 4 aromatic rings. The zero-order valence-corrected chi connectivity index (χ0v) is 17.2. The van der Waals surface area contributed by atoms with Gasteiger partial charge in [0.2, 0.25) is 0 Å². The summed E-state index contributed by atoms with van der Waals surface area (Å²) in [7, 11) is 0. The first kappa shape index (κ1) is 20.5. The Morgan fingerprint density at radius 3 is 2.74 bits per heavy atom. The third-order valence-corrected chi connectivity index (χ3v) is 5.28. The Morgan fingerprint density at radius 2 is 2.03 bits per heavy atom. The number of anilines is 1. The second kappa shape index (κ2) is 8.57. The number of halogens is 2. The van der Waals surface area contributed by atoms with E-state index in [-0.39, 0.29) is 17.1 Å². The van der Waals surface area contributed by atoms with Crippen molar-refractivity contribution in [2.75, 3.05) is 5.32 Å². The highest BCUT2D eigenvalue weighted by Crippen LogP contribution is 2.28. The number of carbonyl (C=O) groups is 1. The molecule has 31 heavy (non-hydrogen) atoms. The molecule has 0 aliphatic heterocycles. The molecule has 0 bridgehead atoms. The van der Waals surface area contributed by atoms with Crippen LogP contribution >= 0.6 is 11.6 Å². The average Bonchev–Trinajstić information content (AvgIpc) is 3.28. The van der Waals surface area contributed by atoms with Gasteiger partial charge in [0, 0.05) is 17.3 Å². The second-order valence-electron chi connectivity index (χ2n) is 6.94. The Kier molecular flexibility index (Phi) is 5.68. The third-order valence-electron chi connectivity index (χ3n) is 4.99. The Hall–Kier alpha value is -3.72. The Labute approximate surface area is 181 Å². The van der Waals surface area contributed by atoms with Gasteiger partial charge >= 0.3 is 6.03 Å². The highest BCUT2D eigenvalue weighted by molar-refractivity contribution is 6.31. The topological polar surface area (TPSA) is 107 Å². The summed E-state index contributed by atoms with van der Waals surface area (Å²) in [6, 6.07) is 10.2. The zero-order chi connectivity index (χ0) is 22.0. The van der Waals surface area contributed by atoms with Crippen molar-refractivity contribution in [1.82, 2.24) is 25.3 Å². The summed E-state index contributed by atoms with van der Waals surface area (Å²) in [6.07, 6.45) is 3.12. The van der Waals surface area contributed by atoms with Crippen molar-refractivity contribution in [3.05, 3.63) is 87.3 Å². The number of amides is 2. The quantitative estimate of drug-likeness (QED) is 0.431. The molecule has 0 aliphatic rings. The molecule has 158 valence electrons. The molecule has 2 aromatic heterocycles. The summed E-state index contributed by atoms with van der Waals surface area (Å²) in [5.41, 5.74) is 1.44. The number of aromatic nitrogens is 4. The molecule has 3 N–H and O–H groups in total. The lowest BCUT2D eigenvalue weighted by Crippen LogP contribution is -2.37. The molecule has 1 atom stereocenters. The van der Waals surface area contributed by atoms with Gasteiger partial charge in [-0.1, -0.05) is 29.8 Å². The predicted molar refractivity (Wildman–Crippen MR) is 115 cm³/mol. The lowest BCUT2D eigenvalue weighted by Gasteiger charge is -2.29. The van der Waals surface area contributed by atoms with Crippen LogP contribution < -0.4 is 10.9 Å². The molecule has 0 aliphatic carbocycles. The summed E-state index contributed by atoms with van der Waals surface area (Å²) < 4.78 is 13.5. The van der Waals surface area contributed by atoms with E-state index < -0.39 is 17.9 Å². The number of carbonyl (C=O) groups excluding carboxylic acids is 1. The van der Waals surface area contributed by atoms with Crippen LogP contribution in [0, 0.1) is 5.82 Å².